The van der Waals surface area contributed by atoms with Crippen LogP contribution < -0.4 is 9.64 Å². The molecule has 0 saturated heterocycles. The summed E-state index contributed by atoms with van der Waals surface area (Å²) in [6.45, 7) is 10.6. The predicted molar refractivity (Wildman–Crippen MR) is 91.1 cm³/mol. The van der Waals surface area contributed by atoms with Gasteiger partial charge >= 0.3 is 0 Å². The van der Waals surface area contributed by atoms with Crippen LogP contribution in [0.2, 0.25) is 0 Å². The minimum Gasteiger partial charge on any atom is -0.487 e. The van der Waals surface area contributed by atoms with Crippen LogP contribution in [0.25, 0.3) is 0 Å². The normalized spacial score (nSPS) is 17.1. The maximum Gasteiger partial charge on any atom is 0.143 e. The molecule has 0 amide bonds. The van der Waals surface area contributed by atoms with Gasteiger partial charge in [-0.25, -0.2) is 0 Å². The third kappa shape index (κ3) is 3.06. The Morgan fingerprint density at radius 1 is 1.30 bits per heavy atom. The molecule has 1 aromatic heterocycles. The Balaban J connectivity index is 1.93. The number of aromatic nitrogens is 2. The summed E-state index contributed by atoms with van der Waals surface area (Å²) < 4.78 is 7.86. The molecule has 5 heteroatoms. The molecular weight excluding hydrogens is 290 g/mol. The fourth-order valence-electron chi connectivity index (χ4n) is 3.25. The summed E-state index contributed by atoms with van der Waals surface area (Å²) in [5.41, 5.74) is 5.78. The molecule has 1 N–H and O–H groups in total. The lowest BCUT2D eigenvalue weighted by Crippen LogP contribution is -2.38. The molecule has 1 aliphatic rings. The van der Waals surface area contributed by atoms with E-state index in [9.17, 15) is 5.11 Å². The van der Waals surface area contributed by atoms with Gasteiger partial charge < -0.3 is 14.7 Å². The van der Waals surface area contributed by atoms with E-state index in [0.29, 0.717) is 6.54 Å². The summed E-state index contributed by atoms with van der Waals surface area (Å²) in [4.78, 5) is 2.37. The third-order valence-electron chi connectivity index (χ3n) is 4.45. The lowest BCUT2D eigenvalue weighted by atomic mass is 10.1. The summed E-state index contributed by atoms with van der Waals surface area (Å²) >= 11 is 0. The Hall–Kier alpha value is -2.01. The first-order chi connectivity index (χ1) is 11.0. The van der Waals surface area contributed by atoms with Crippen molar-refractivity contribution in [3.63, 3.8) is 0 Å². The van der Waals surface area contributed by atoms with Gasteiger partial charge in [0.1, 0.15) is 11.9 Å². The topological polar surface area (TPSA) is 50.5 Å². The van der Waals surface area contributed by atoms with Crippen LogP contribution in [0.4, 0.5) is 5.69 Å². The zero-order valence-corrected chi connectivity index (χ0v) is 14.3. The summed E-state index contributed by atoms with van der Waals surface area (Å²) in [6, 6.07) is 6.33. The largest absolute Gasteiger partial charge is 0.487 e. The minimum absolute atomic E-state index is 0.109. The van der Waals surface area contributed by atoms with Crippen LogP contribution in [0, 0.1) is 20.8 Å². The van der Waals surface area contributed by atoms with E-state index in [2.05, 4.69) is 49.0 Å². The van der Waals surface area contributed by atoms with Gasteiger partial charge in [-0.15, -0.1) is 0 Å². The molecule has 0 saturated carbocycles. The standard InChI is InChI=1S/C18H25N3O2/c1-12-5-6-18-17(9-12)20(10-13(2)23-18)11-16-14(3)19-21(7-8-22)15(16)4/h5-6,9,13,22H,7-8,10-11H2,1-4H3/t13-/m0/s1. The quantitative estimate of drug-likeness (QED) is 0.942. The van der Waals surface area contributed by atoms with Gasteiger partial charge in [0.25, 0.3) is 0 Å². The monoisotopic (exact) mass is 315 g/mol. The highest BCUT2D eigenvalue weighted by Gasteiger charge is 2.25. The van der Waals surface area contributed by atoms with E-state index in [-0.39, 0.29) is 12.7 Å². The van der Waals surface area contributed by atoms with Crippen molar-refractivity contribution in [3.05, 3.63) is 40.7 Å². The number of fused-ring (bicyclic) bond motifs is 1. The Morgan fingerprint density at radius 2 is 2.09 bits per heavy atom. The van der Waals surface area contributed by atoms with E-state index in [1.807, 2.05) is 11.6 Å². The molecule has 1 aliphatic heterocycles. The Kier molecular flexibility index (Phi) is 4.31. The number of hydrogen-bond donors (Lipinski definition) is 1. The predicted octanol–water partition coefficient (Wildman–Crippen LogP) is 2.59. The van der Waals surface area contributed by atoms with Crippen LogP contribution in [0.15, 0.2) is 18.2 Å². The van der Waals surface area contributed by atoms with Gasteiger partial charge in [-0.2, -0.15) is 5.10 Å². The molecule has 0 bridgehead atoms. The van der Waals surface area contributed by atoms with Gasteiger partial charge in [0, 0.05) is 17.8 Å². The average Bonchev–Trinajstić information content (AvgIpc) is 2.76. The number of aliphatic hydroxyl groups excluding tert-OH is 1. The van der Waals surface area contributed by atoms with E-state index in [4.69, 9.17) is 4.74 Å². The number of aliphatic hydroxyl groups is 1. The third-order valence-corrected chi connectivity index (χ3v) is 4.45. The SMILES string of the molecule is Cc1ccc2c(c1)N(Cc1c(C)nn(CCO)c1C)C[C@H](C)O2. The molecule has 2 aromatic rings. The van der Waals surface area contributed by atoms with E-state index >= 15 is 0 Å². The number of anilines is 1. The Bertz CT molecular complexity index is 709. The van der Waals surface area contributed by atoms with Crippen molar-refractivity contribution in [2.75, 3.05) is 18.1 Å². The molecule has 5 nitrogen and oxygen atoms in total. The zero-order valence-electron chi connectivity index (χ0n) is 14.3. The first-order valence-corrected chi connectivity index (χ1v) is 8.15. The van der Waals surface area contributed by atoms with Gasteiger partial charge in [0.05, 0.1) is 31.1 Å². The van der Waals surface area contributed by atoms with Crippen molar-refractivity contribution >= 4 is 5.69 Å². The summed E-state index contributed by atoms with van der Waals surface area (Å²) in [6.07, 6.45) is 0.165. The fraction of sp³-hybridized carbons (Fsp3) is 0.500. The second kappa shape index (κ2) is 6.24. The van der Waals surface area contributed by atoms with Crippen LogP contribution in [-0.4, -0.2) is 34.1 Å². The van der Waals surface area contributed by atoms with Crippen LogP contribution in [0.3, 0.4) is 0 Å². The molecule has 0 unspecified atom stereocenters. The van der Waals surface area contributed by atoms with E-state index in [1.165, 1.54) is 11.1 Å². The highest BCUT2D eigenvalue weighted by molar-refractivity contribution is 5.62. The lowest BCUT2D eigenvalue weighted by Gasteiger charge is -2.35. The van der Waals surface area contributed by atoms with E-state index in [0.717, 1.165) is 35.9 Å². The molecule has 0 aliphatic carbocycles. The summed E-state index contributed by atoms with van der Waals surface area (Å²) in [5, 5.41) is 13.7. The Morgan fingerprint density at radius 3 is 2.83 bits per heavy atom. The van der Waals surface area contributed by atoms with Crippen LogP contribution in [0.1, 0.15) is 29.4 Å². The van der Waals surface area contributed by atoms with Gasteiger partial charge in [-0.1, -0.05) is 6.07 Å². The summed E-state index contributed by atoms with van der Waals surface area (Å²) in [5.74, 6) is 0.951. The van der Waals surface area contributed by atoms with Crippen LogP contribution in [-0.2, 0) is 13.1 Å². The van der Waals surface area contributed by atoms with Crippen LogP contribution >= 0.6 is 0 Å². The molecule has 124 valence electrons. The molecule has 23 heavy (non-hydrogen) atoms. The van der Waals surface area contributed by atoms with Crippen molar-refractivity contribution < 1.29 is 9.84 Å². The first kappa shape index (κ1) is 15.9. The minimum atomic E-state index is 0.109. The molecule has 3 rings (SSSR count). The molecule has 0 radical (unpaired) electrons. The zero-order chi connectivity index (χ0) is 16.6. The number of benzene rings is 1. The highest BCUT2D eigenvalue weighted by atomic mass is 16.5. The van der Waals surface area contributed by atoms with Crippen molar-refractivity contribution in [1.82, 2.24) is 9.78 Å². The fourth-order valence-corrected chi connectivity index (χ4v) is 3.25. The molecule has 2 heterocycles. The van der Waals surface area contributed by atoms with Gasteiger partial charge in [-0.05, 0) is 45.4 Å². The molecule has 1 atom stereocenters. The van der Waals surface area contributed by atoms with Crippen molar-refractivity contribution in [2.45, 2.75) is 46.9 Å². The maximum atomic E-state index is 9.17. The van der Waals surface area contributed by atoms with E-state index < -0.39 is 0 Å². The first-order valence-electron chi connectivity index (χ1n) is 8.15. The van der Waals surface area contributed by atoms with Crippen molar-refractivity contribution in [2.24, 2.45) is 0 Å². The highest BCUT2D eigenvalue weighted by Crippen LogP contribution is 2.35. The number of aryl methyl sites for hydroxylation is 2. The second-order valence-electron chi connectivity index (χ2n) is 6.38. The molecular formula is C18H25N3O2. The molecule has 0 spiro atoms. The lowest BCUT2D eigenvalue weighted by molar-refractivity contribution is 0.212. The van der Waals surface area contributed by atoms with Crippen LogP contribution in [0.5, 0.6) is 5.75 Å². The molecule has 1 aromatic carbocycles. The maximum absolute atomic E-state index is 9.17. The van der Waals surface area contributed by atoms with Crippen molar-refractivity contribution in [3.8, 4) is 5.75 Å². The van der Waals surface area contributed by atoms with Gasteiger partial charge in [-0.3, -0.25) is 4.68 Å². The van der Waals surface area contributed by atoms with Gasteiger partial charge in [0.15, 0.2) is 0 Å². The Labute approximate surface area is 137 Å². The van der Waals surface area contributed by atoms with E-state index in [1.54, 1.807) is 0 Å². The number of hydrogen-bond acceptors (Lipinski definition) is 4. The number of ether oxygens (including phenoxy) is 1. The summed E-state index contributed by atoms with van der Waals surface area (Å²) in [7, 11) is 0. The average molecular weight is 315 g/mol. The smallest absolute Gasteiger partial charge is 0.143 e. The van der Waals surface area contributed by atoms with Crippen molar-refractivity contribution in [1.29, 1.82) is 0 Å². The number of rotatable bonds is 4. The second-order valence-corrected chi connectivity index (χ2v) is 6.38. The molecule has 0 fully saturated rings. The van der Waals surface area contributed by atoms with Gasteiger partial charge in [0.2, 0.25) is 0 Å². The number of nitrogens with zero attached hydrogens (tertiary/aromatic N) is 3.